The minimum atomic E-state index is -3.57. The lowest BCUT2D eigenvalue weighted by Gasteiger charge is -1.82. The average molecular weight is 142 g/mol. The van der Waals surface area contributed by atoms with Crippen LogP contribution in [0.3, 0.4) is 0 Å². The lowest BCUT2D eigenvalue weighted by Crippen LogP contribution is -1.91. The predicted molar refractivity (Wildman–Crippen MR) is 31.1 cm³/mol. The summed E-state index contributed by atoms with van der Waals surface area (Å²) in [5.74, 6) is 0. The molecule has 5 heteroatoms. The summed E-state index contributed by atoms with van der Waals surface area (Å²) >= 11 is 0. The first-order valence-corrected chi connectivity index (χ1v) is 3.51. The second-order valence-electron chi connectivity index (χ2n) is 1.37. The molecule has 1 heterocycles. The van der Waals surface area contributed by atoms with Crippen LogP contribution in [0, 0.1) is 11.3 Å². The highest BCUT2D eigenvalue weighted by Crippen LogP contribution is 2.10. The Morgan fingerprint density at radius 3 is 2.56 bits per heavy atom. The number of allylic oxidation sites excluding steroid dienone is 2. The van der Waals surface area contributed by atoms with Gasteiger partial charge in [0.1, 0.15) is 6.07 Å². The summed E-state index contributed by atoms with van der Waals surface area (Å²) in [6.45, 7) is 0. The van der Waals surface area contributed by atoms with E-state index in [0.717, 1.165) is 12.3 Å². The standard InChI is InChI=1S/C4H2N2O2S/c5-3-4-1-2-6-9(4,7)8/h1-2H. The lowest BCUT2D eigenvalue weighted by molar-refractivity contribution is 0.606. The molecule has 0 aromatic rings. The van der Waals surface area contributed by atoms with Crippen molar-refractivity contribution in [3.05, 3.63) is 11.0 Å². The molecule has 0 spiro atoms. The van der Waals surface area contributed by atoms with Gasteiger partial charge in [-0.2, -0.15) is 18.1 Å². The predicted octanol–water partition coefficient (Wildman–Crippen LogP) is -0.192. The molecule has 0 amide bonds. The molecule has 46 valence electrons. The van der Waals surface area contributed by atoms with Gasteiger partial charge in [-0.1, -0.05) is 0 Å². The van der Waals surface area contributed by atoms with Crippen molar-refractivity contribution in [2.75, 3.05) is 0 Å². The van der Waals surface area contributed by atoms with Gasteiger partial charge in [-0.05, 0) is 6.08 Å². The summed E-state index contributed by atoms with van der Waals surface area (Å²) in [5, 5.41) is 8.12. The number of hydrogen-bond donors (Lipinski definition) is 0. The molecule has 0 unspecified atom stereocenters. The zero-order chi connectivity index (χ0) is 6.91. The summed E-state index contributed by atoms with van der Waals surface area (Å²) < 4.78 is 24.1. The van der Waals surface area contributed by atoms with Crippen LogP contribution in [0.25, 0.3) is 0 Å². The third kappa shape index (κ3) is 0.840. The molecule has 0 saturated heterocycles. The number of nitriles is 1. The van der Waals surface area contributed by atoms with Gasteiger partial charge in [0.15, 0.2) is 4.91 Å². The molecule has 0 bridgehead atoms. The molecule has 0 radical (unpaired) electrons. The van der Waals surface area contributed by atoms with Crippen LogP contribution in [-0.4, -0.2) is 14.6 Å². The molecular formula is C4H2N2O2S. The summed E-state index contributed by atoms with van der Waals surface area (Å²) in [7, 11) is -3.57. The van der Waals surface area contributed by atoms with Crippen molar-refractivity contribution >= 4 is 16.2 Å². The highest BCUT2D eigenvalue weighted by atomic mass is 32.2. The van der Waals surface area contributed by atoms with Gasteiger partial charge in [-0.3, -0.25) is 0 Å². The Bertz CT molecular complexity index is 317. The van der Waals surface area contributed by atoms with Crippen LogP contribution in [0.5, 0.6) is 0 Å². The average Bonchev–Trinajstić information content (AvgIpc) is 2.08. The van der Waals surface area contributed by atoms with E-state index in [1.807, 2.05) is 0 Å². The molecule has 0 atom stereocenters. The summed E-state index contributed by atoms with van der Waals surface area (Å²) in [6.07, 6.45) is 2.25. The van der Waals surface area contributed by atoms with Gasteiger partial charge in [0, 0.05) is 6.21 Å². The fourth-order valence-electron chi connectivity index (χ4n) is 0.416. The first-order valence-electron chi connectivity index (χ1n) is 2.07. The van der Waals surface area contributed by atoms with Crippen LogP contribution in [0.1, 0.15) is 0 Å². The Labute approximate surface area is 52.2 Å². The Morgan fingerprint density at radius 2 is 2.33 bits per heavy atom. The normalized spacial score (nSPS) is 21.0. The van der Waals surface area contributed by atoms with Gasteiger partial charge in [0.05, 0.1) is 0 Å². The maximum absolute atomic E-state index is 10.5. The number of rotatable bonds is 0. The van der Waals surface area contributed by atoms with Crippen LogP contribution in [0.4, 0.5) is 0 Å². The molecule has 0 aromatic heterocycles. The first-order chi connectivity index (χ1) is 4.17. The van der Waals surface area contributed by atoms with Crippen molar-refractivity contribution in [2.45, 2.75) is 0 Å². The van der Waals surface area contributed by atoms with Crippen molar-refractivity contribution in [1.82, 2.24) is 0 Å². The quantitative estimate of drug-likeness (QED) is 0.470. The highest BCUT2D eigenvalue weighted by molar-refractivity contribution is 7.94. The third-order valence-corrected chi connectivity index (χ3v) is 2.00. The van der Waals surface area contributed by atoms with Crippen LogP contribution >= 0.6 is 0 Å². The van der Waals surface area contributed by atoms with E-state index in [-0.39, 0.29) is 4.91 Å². The van der Waals surface area contributed by atoms with E-state index < -0.39 is 10.0 Å². The van der Waals surface area contributed by atoms with Gasteiger partial charge in [-0.15, -0.1) is 0 Å². The van der Waals surface area contributed by atoms with E-state index in [0.29, 0.717) is 0 Å². The molecule has 0 aromatic carbocycles. The Kier molecular flexibility index (Phi) is 1.11. The molecule has 1 aliphatic heterocycles. The summed E-state index contributed by atoms with van der Waals surface area (Å²) in [5.41, 5.74) is 0. The zero-order valence-corrected chi connectivity index (χ0v) is 5.09. The molecule has 9 heavy (non-hydrogen) atoms. The van der Waals surface area contributed by atoms with E-state index in [1.165, 1.54) is 6.07 Å². The Morgan fingerprint density at radius 1 is 1.67 bits per heavy atom. The Balaban J connectivity index is 3.27. The first kappa shape index (κ1) is 5.98. The van der Waals surface area contributed by atoms with Crippen molar-refractivity contribution < 1.29 is 8.42 Å². The monoisotopic (exact) mass is 142 g/mol. The van der Waals surface area contributed by atoms with Crippen LogP contribution in [0.2, 0.25) is 0 Å². The molecule has 1 aliphatic rings. The van der Waals surface area contributed by atoms with Gasteiger partial charge in [-0.25, -0.2) is 0 Å². The van der Waals surface area contributed by atoms with Crippen LogP contribution in [0.15, 0.2) is 15.4 Å². The third-order valence-electron chi connectivity index (χ3n) is 0.814. The van der Waals surface area contributed by atoms with Gasteiger partial charge in [0.25, 0.3) is 10.0 Å². The van der Waals surface area contributed by atoms with Crippen LogP contribution < -0.4 is 0 Å². The van der Waals surface area contributed by atoms with Gasteiger partial charge < -0.3 is 0 Å². The summed E-state index contributed by atoms with van der Waals surface area (Å²) in [6, 6.07) is 1.50. The molecule has 0 fully saturated rings. The maximum Gasteiger partial charge on any atom is 0.292 e. The topological polar surface area (TPSA) is 70.3 Å². The number of nitrogens with zero attached hydrogens (tertiary/aromatic N) is 2. The second-order valence-corrected chi connectivity index (χ2v) is 2.97. The molecule has 0 N–H and O–H groups in total. The minimum absolute atomic E-state index is 0.289. The largest absolute Gasteiger partial charge is 0.292 e. The SMILES string of the molecule is N#CC1=CC=NS1(=O)=O. The Hall–Kier alpha value is -1.15. The van der Waals surface area contributed by atoms with E-state index in [9.17, 15) is 8.42 Å². The minimum Gasteiger partial charge on any atom is -0.199 e. The molecule has 4 nitrogen and oxygen atoms in total. The van der Waals surface area contributed by atoms with Crippen molar-refractivity contribution in [3.8, 4) is 6.07 Å². The summed E-state index contributed by atoms with van der Waals surface area (Å²) in [4.78, 5) is -0.289. The highest BCUT2D eigenvalue weighted by Gasteiger charge is 2.17. The molecule has 1 rings (SSSR count). The van der Waals surface area contributed by atoms with E-state index in [4.69, 9.17) is 5.26 Å². The van der Waals surface area contributed by atoms with Crippen molar-refractivity contribution in [1.29, 1.82) is 5.26 Å². The molecule has 0 saturated carbocycles. The van der Waals surface area contributed by atoms with E-state index in [2.05, 4.69) is 4.40 Å². The van der Waals surface area contributed by atoms with E-state index in [1.54, 1.807) is 0 Å². The second kappa shape index (κ2) is 1.67. The van der Waals surface area contributed by atoms with Crippen LogP contribution in [-0.2, 0) is 10.0 Å². The zero-order valence-electron chi connectivity index (χ0n) is 4.27. The smallest absolute Gasteiger partial charge is 0.199 e. The van der Waals surface area contributed by atoms with Gasteiger partial charge in [0.2, 0.25) is 0 Å². The van der Waals surface area contributed by atoms with Gasteiger partial charge >= 0.3 is 0 Å². The fourth-order valence-corrected chi connectivity index (χ4v) is 1.10. The maximum atomic E-state index is 10.5. The number of sulfonamides is 1. The van der Waals surface area contributed by atoms with Crippen molar-refractivity contribution in [2.24, 2.45) is 4.40 Å². The molecular weight excluding hydrogens is 140 g/mol. The fraction of sp³-hybridized carbons (Fsp3) is 0. The molecule has 0 aliphatic carbocycles. The lowest BCUT2D eigenvalue weighted by atomic mass is 10.5. The van der Waals surface area contributed by atoms with Crippen molar-refractivity contribution in [3.63, 3.8) is 0 Å². The van der Waals surface area contributed by atoms with E-state index >= 15 is 0 Å². The number of hydrogen-bond acceptors (Lipinski definition) is 3.